The van der Waals surface area contributed by atoms with E-state index in [1.165, 1.54) is 109 Å². The Labute approximate surface area is 314 Å². The molecule has 0 unspecified atom stereocenters. The Morgan fingerprint density at radius 1 is 0.185 bits per heavy atom. The van der Waals surface area contributed by atoms with Crippen molar-refractivity contribution in [2.75, 3.05) is 0 Å². The molecule has 0 bridgehead atoms. The van der Waals surface area contributed by atoms with E-state index in [2.05, 4.69) is 206 Å². The minimum Gasteiger partial charge on any atom is -0.0622 e. The van der Waals surface area contributed by atoms with Crippen LogP contribution in [0.4, 0.5) is 0 Å². The van der Waals surface area contributed by atoms with Crippen molar-refractivity contribution in [1.82, 2.24) is 0 Å². The summed E-state index contributed by atoms with van der Waals surface area (Å²) in [5, 5.41) is 15.2. The Bertz CT molecular complexity index is 3030. The number of fused-ring (bicyclic) bond motifs is 8. The number of hydrogen-bond donors (Lipinski definition) is 0. The zero-order chi connectivity index (χ0) is 35.6. The lowest BCUT2D eigenvalue weighted by Crippen LogP contribution is -1.94. The molecule has 0 aromatic heterocycles. The lowest BCUT2D eigenvalue weighted by atomic mass is 9.82. The fourth-order valence-corrected chi connectivity index (χ4v) is 9.16. The molecule has 0 aliphatic rings. The maximum absolute atomic E-state index is 2.44. The van der Waals surface area contributed by atoms with E-state index in [1.54, 1.807) is 0 Å². The first-order valence-electron chi connectivity index (χ1n) is 18.8. The van der Waals surface area contributed by atoms with Crippen molar-refractivity contribution in [3.8, 4) is 44.5 Å². The molecule has 0 fully saturated rings. The van der Waals surface area contributed by atoms with Crippen molar-refractivity contribution in [3.05, 3.63) is 206 Å². The highest BCUT2D eigenvalue weighted by atomic mass is 14.2. The fourth-order valence-electron chi connectivity index (χ4n) is 9.16. The average molecular weight is 683 g/mol. The SMILES string of the molecule is c1ccc(-c2c3ccccc3c(-c3cccc(-c4c5ccccc5c(-c5ccccc5)c5c4ccc4ccccc45)c3)c3ccc4ccccc4c23)cc1. The van der Waals surface area contributed by atoms with E-state index in [4.69, 9.17) is 0 Å². The summed E-state index contributed by atoms with van der Waals surface area (Å²) in [6, 6.07) is 76.1. The molecule has 0 atom stereocenters. The highest BCUT2D eigenvalue weighted by Crippen LogP contribution is 2.49. The van der Waals surface area contributed by atoms with Crippen LogP contribution in [-0.4, -0.2) is 0 Å². The molecular weight excluding hydrogens is 649 g/mol. The van der Waals surface area contributed by atoms with Gasteiger partial charge in [-0.1, -0.05) is 200 Å². The third-order valence-electron chi connectivity index (χ3n) is 11.4. The van der Waals surface area contributed by atoms with Crippen LogP contribution in [0.15, 0.2) is 206 Å². The molecule has 0 N–H and O–H groups in total. The lowest BCUT2D eigenvalue weighted by molar-refractivity contribution is 1.64. The molecule has 54 heavy (non-hydrogen) atoms. The second-order valence-electron chi connectivity index (χ2n) is 14.3. The monoisotopic (exact) mass is 682 g/mol. The van der Waals surface area contributed by atoms with Gasteiger partial charge in [-0.15, -0.1) is 0 Å². The molecule has 0 aliphatic carbocycles. The quantitative estimate of drug-likeness (QED) is 0.128. The number of hydrogen-bond acceptors (Lipinski definition) is 0. The molecule has 0 heterocycles. The summed E-state index contributed by atoms with van der Waals surface area (Å²) in [4.78, 5) is 0. The zero-order valence-electron chi connectivity index (χ0n) is 29.6. The van der Waals surface area contributed by atoms with Crippen LogP contribution >= 0.6 is 0 Å². The van der Waals surface area contributed by atoms with Crippen LogP contribution in [0, 0.1) is 0 Å². The molecule has 0 radical (unpaired) electrons. The van der Waals surface area contributed by atoms with Crippen molar-refractivity contribution < 1.29 is 0 Å². The van der Waals surface area contributed by atoms with E-state index in [0.717, 1.165) is 0 Å². The van der Waals surface area contributed by atoms with Gasteiger partial charge in [0.15, 0.2) is 0 Å². The molecule has 250 valence electrons. The fraction of sp³-hybridized carbons (Fsp3) is 0. The van der Waals surface area contributed by atoms with E-state index < -0.39 is 0 Å². The van der Waals surface area contributed by atoms with Crippen molar-refractivity contribution in [2.45, 2.75) is 0 Å². The molecular formula is C54H34. The maximum atomic E-state index is 2.44. The standard InChI is InChI=1S/C54H34/c1-3-18-37(19-4-1)51-45-28-13-11-26-43(45)49(47-32-30-35-16-7-9-24-41(35)53(47)51)39-22-15-23-40(34-39)50-44-27-12-14-29-46(44)52(38-20-5-2-6-21-38)54-42-25-10-8-17-36(42)31-33-48(50)54/h1-34H. The third-order valence-corrected chi connectivity index (χ3v) is 11.4. The van der Waals surface area contributed by atoms with Crippen LogP contribution in [0.1, 0.15) is 0 Å². The molecule has 0 heteroatoms. The molecule has 0 saturated heterocycles. The molecule has 11 aromatic rings. The topological polar surface area (TPSA) is 0 Å². The molecule has 0 saturated carbocycles. The summed E-state index contributed by atoms with van der Waals surface area (Å²) in [5.74, 6) is 0. The van der Waals surface area contributed by atoms with Crippen LogP contribution in [-0.2, 0) is 0 Å². The summed E-state index contributed by atoms with van der Waals surface area (Å²) in [7, 11) is 0. The summed E-state index contributed by atoms with van der Waals surface area (Å²) < 4.78 is 0. The van der Waals surface area contributed by atoms with E-state index in [0.29, 0.717) is 0 Å². The Morgan fingerprint density at radius 3 is 0.944 bits per heavy atom. The molecule has 0 amide bonds. The van der Waals surface area contributed by atoms with Crippen LogP contribution < -0.4 is 0 Å². The summed E-state index contributed by atoms with van der Waals surface area (Å²) >= 11 is 0. The van der Waals surface area contributed by atoms with Crippen LogP contribution in [0.2, 0.25) is 0 Å². The van der Waals surface area contributed by atoms with Crippen molar-refractivity contribution >= 4 is 64.6 Å². The van der Waals surface area contributed by atoms with E-state index >= 15 is 0 Å². The first-order valence-corrected chi connectivity index (χ1v) is 18.8. The second-order valence-corrected chi connectivity index (χ2v) is 14.3. The number of benzene rings is 11. The number of rotatable bonds is 4. The van der Waals surface area contributed by atoms with Crippen molar-refractivity contribution in [2.24, 2.45) is 0 Å². The first-order chi connectivity index (χ1) is 26.8. The van der Waals surface area contributed by atoms with Crippen molar-refractivity contribution in [3.63, 3.8) is 0 Å². The van der Waals surface area contributed by atoms with Gasteiger partial charge in [-0.05, 0) is 115 Å². The van der Waals surface area contributed by atoms with E-state index in [-0.39, 0.29) is 0 Å². The predicted octanol–water partition coefficient (Wildman–Crippen LogP) is 15.3. The summed E-state index contributed by atoms with van der Waals surface area (Å²) in [5.41, 5.74) is 10.0. The van der Waals surface area contributed by atoms with Gasteiger partial charge in [0.05, 0.1) is 0 Å². The Morgan fingerprint density at radius 2 is 0.519 bits per heavy atom. The second kappa shape index (κ2) is 12.3. The van der Waals surface area contributed by atoms with Gasteiger partial charge in [0.25, 0.3) is 0 Å². The van der Waals surface area contributed by atoms with Gasteiger partial charge in [-0.2, -0.15) is 0 Å². The lowest BCUT2D eigenvalue weighted by Gasteiger charge is -2.21. The maximum Gasteiger partial charge on any atom is -0.00141 e. The Hall–Kier alpha value is -7.02. The molecule has 0 spiro atoms. The Kier molecular flexibility index (Phi) is 6.97. The van der Waals surface area contributed by atoms with Gasteiger partial charge in [0.1, 0.15) is 0 Å². The van der Waals surface area contributed by atoms with Crippen molar-refractivity contribution in [1.29, 1.82) is 0 Å². The third kappa shape index (κ3) is 4.64. The summed E-state index contributed by atoms with van der Waals surface area (Å²) in [6.07, 6.45) is 0. The minimum atomic E-state index is 1.22. The summed E-state index contributed by atoms with van der Waals surface area (Å²) in [6.45, 7) is 0. The Balaban J connectivity index is 1.27. The van der Waals surface area contributed by atoms with E-state index in [9.17, 15) is 0 Å². The predicted molar refractivity (Wildman–Crippen MR) is 233 cm³/mol. The van der Waals surface area contributed by atoms with Gasteiger partial charge in [-0.3, -0.25) is 0 Å². The molecule has 0 nitrogen and oxygen atoms in total. The van der Waals surface area contributed by atoms with Gasteiger partial charge in [0.2, 0.25) is 0 Å². The highest BCUT2D eigenvalue weighted by Gasteiger charge is 2.21. The largest absolute Gasteiger partial charge is 0.0622 e. The molecule has 0 aliphatic heterocycles. The van der Waals surface area contributed by atoms with E-state index in [1.807, 2.05) is 0 Å². The molecule has 11 rings (SSSR count). The molecule has 11 aromatic carbocycles. The van der Waals surface area contributed by atoms with Gasteiger partial charge in [0, 0.05) is 0 Å². The van der Waals surface area contributed by atoms with Gasteiger partial charge >= 0.3 is 0 Å². The average Bonchev–Trinajstić information content (AvgIpc) is 3.25. The first kappa shape index (κ1) is 30.6. The normalized spacial score (nSPS) is 11.7. The highest BCUT2D eigenvalue weighted by molar-refractivity contribution is 6.30. The zero-order valence-corrected chi connectivity index (χ0v) is 29.6. The van der Waals surface area contributed by atoms with Crippen LogP contribution in [0.5, 0.6) is 0 Å². The smallest absolute Gasteiger partial charge is 0.00141 e. The minimum absolute atomic E-state index is 1.22. The van der Waals surface area contributed by atoms with Crippen LogP contribution in [0.3, 0.4) is 0 Å². The van der Waals surface area contributed by atoms with Gasteiger partial charge < -0.3 is 0 Å². The van der Waals surface area contributed by atoms with Crippen LogP contribution in [0.25, 0.3) is 109 Å². The van der Waals surface area contributed by atoms with Gasteiger partial charge in [-0.25, -0.2) is 0 Å².